The molecule has 2 N–H and O–H groups in total. The highest BCUT2D eigenvalue weighted by Gasteiger charge is 2.54. The summed E-state index contributed by atoms with van der Waals surface area (Å²) < 4.78 is 27.4. The SMILES string of the molecule is CCCC#Cc1ccc([C@@H]2[C@H]3CN(C(=O)Nc4cc(F)ccc4F)CC(=O)N3[C@H]2CO)cc1. The molecule has 2 aliphatic heterocycles. The van der Waals surface area contributed by atoms with Crippen LogP contribution in [-0.2, 0) is 4.79 Å². The highest BCUT2D eigenvalue weighted by Crippen LogP contribution is 2.43. The Bertz CT molecular complexity index is 1110. The van der Waals surface area contributed by atoms with Crippen LogP contribution in [0.1, 0.15) is 36.8 Å². The molecule has 0 unspecified atom stereocenters. The number of carbonyl (C=O) groups is 2. The summed E-state index contributed by atoms with van der Waals surface area (Å²) in [6.45, 7) is 1.90. The molecule has 2 aromatic rings. The third-order valence-corrected chi connectivity index (χ3v) is 6.11. The van der Waals surface area contributed by atoms with Crippen molar-refractivity contribution in [2.45, 2.75) is 37.8 Å². The summed E-state index contributed by atoms with van der Waals surface area (Å²) >= 11 is 0. The van der Waals surface area contributed by atoms with Crippen molar-refractivity contribution >= 4 is 17.6 Å². The second kappa shape index (κ2) is 9.59. The van der Waals surface area contributed by atoms with Crippen LogP contribution >= 0.6 is 0 Å². The molecular weight excluding hydrogens is 428 g/mol. The zero-order valence-electron chi connectivity index (χ0n) is 18.2. The summed E-state index contributed by atoms with van der Waals surface area (Å²) in [5.41, 5.74) is 1.55. The van der Waals surface area contributed by atoms with Gasteiger partial charge in [-0.2, -0.15) is 0 Å². The van der Waals surface area contributed by atoms with Gasteiger partial charge in [0.15, 0.2) is 0 Å². The lowest BCUT2D eigenvalue weighted by atomic mass is 9.73. The van der Waals surface area contributed by atoms with E-state index >= 15 is 0 Å². The number of urea groups is 1. The first-order valence-electron chi connectivity index (χ1n) is 10.9. The van der Waals surface area contributed by atoms with Crippen LogP contribution in [0.25, 0.3) is 0 Å². The van der Waals surface area contributed by atoms with Crippen LogP contribution < -0.4 is 5.32 Å². The molecule has 2 aromatic carbocycles. The van der Waals surface area contributed by atoms with Crippen molar-refractivity contribution in [2.75, 3.05) is 25.0 Å². The number of aliphatic hydroxyl groups excluding tert-OH is 1. The van der Waals surface area contributed by atoms with Gasteiger partial charge in [-0.15, -0.1) is 0 Å². The molecule has 0 spiro atoms. The number of carbonyl (C=O) groups excluding carboxylic acids is 2. The Morgan fingerprint density at radius 1 is 1.21 bits per heavy atom. The number of aliphatic hydroxyl groups is 1. The van der Waals surface area contributed by atoms with Gasteiger partial charge in [-0.05, 0) is 36.2 Å². The van der Waals surface area contributed by atoms with Crippen molar-refractivity contribution in [3.8, 4) is 11.8 Å². The van der Waals surface area contributed by atoms with Gasteiger partial charge in [0.1, 0.15) is 18.2 Å². The number of unbranched alkanes of at least 4 members (excludes halogenated alkanes) is 1. The fourth-order valence-electron chi connectivity index (χ4n) is 4.52. The Morgan fingerprint density at radius 2 is 1.97 bits per heavy atom. The van der Waals surface area contributed by atoms with E-state index in [1.54, 1.807) is 4.90 Å². The number of amides is 3. The summed E-state index contributed by atoms with van der Waals surface area (Å²) in [5.74, 6) is 4.32. The maximum Gasteiger partial charge on any atom is 0.322 e. The summed E-state index contributed by atoms with van der Waals surface area (Å²) in [7, 11) is 0. The Labute approximate surface area is 191 Å². The van der Waals surface area contributed by atoms with Crippen molar-refractivity contribution in [1.82, 2.24) is 9.80 Å². The van der Waals surface area contributed by atoms with E-state index in [0.717, 1.165) is 42.2 Å². The second-order valence-corrected chi connectivity index (χ2v) is 8.25. The van der Waals surface area contributed by atoms with Crippen LogP contribution in [0.3, 0.4) is 0 Å². The van der Waals surface area contributed by atoms with E-state index in [1.165, 1.54) is 4.90 Å². The molecule has 33 heavy (non-hydrogen) atoms. The largest absolute Gasteiger partial charge is 0.394 e. The van der Waals surface area contributed by atoms with E-state index < -0.39 is 17.7 Å². The summed E-state index contributed by atoms with van der Waals surface area (Å²) in [6, 6.07) is 9.12. The van der Waals surface area contributed by atoms with Crippen molar-refractivity contribution in [3.05, 3.63) is 65.2 Å². The maximum atomic E-state index is 13.9. The number of halogens is 2. The van der Waals surface area contributed by atoms with E-state index in [-0.39, 0.29) is 49.3 Å². The number of piperazine rings is 1. The Kier molecular flexibility index (Phi) is 6.61. The number of hydrogen-bond donors (Lipinski definition) is 2. The lowest BCUT2D eigenvalue weighted by Gasteiger charge is -2.58. The first-order valence-corrected chi connectivity index (χ1v) is 10.9. The molecule has 4 rings (SSSR count). The number of fused-ring (bicyclic) bond motifs is 1. The quantitative estimate of drug-likeness (QED) is 0.698. The summed E-state index contributed by atoms with van der Waals surface area (Å²) in [6.07, 6.45) is 1.82. The van der Waals surface area contributed by atoms with Gasteiger partial charge >= 0.3 is 6.03 Å². The average Bonchev–Trinajstić information content (AvgIpc) is 2.78. The Balaban J connectivity index is 1.50. The maximum absolute atomic E-state index is 13.9. The molecule has 0 aromatic heterocycles. The molecular formula is C25H25F2N3O3. The van der Waals surface area contributed by atoms with Crippen molar-refractivity contribution in [1.29, 1.82) is 0 Å². The highest BCUT2D eigenvalue weighted by molar-refractivity contribution is 5.94. The average molecular weight is 453 g/mol. The van der Waals surface area contributed by atoms with E-state index in [2.05, 4.69) is 24.1 Å². The highest BCUT2D eigenvalue weighted by atomic mass is 19.1. The molecule has 3 atom stereocenters. The van der Waals surface area contributed by atoms with Crippen LogP contribution in [-0.4, -0.2) is 58.6 Å². The molecule has 3 amide bonds. The zero-order chi connectivity index (χ0) is 23.5. The summed E-state index contributed by atoms with van der Waals surface area (Å²) in [5, 5.41) is 12.3. The molecule has 2 saturated heterocycles. The first-order chi connectivity index (χ1) is 15.9. The minimum absolute atomic E-state index is 0.155. The summed E-state index contributed by atoms with van der Waals surface area (Å²) in [4.78, 5) is 28.3. The number of anilines is 1. The van der Waals surface area contributed by atoms with Crippen LogP contribution in [0.5, 0.6) is 0 Å². The van der Waals surface area contributed by atoms with Gasteiger partial charge < -0.3 is 20.2 Å². The van der Waals surface area contributed by atoms with E-state index in [0.29, 0.717) is 0 Å². The normalized spacial score (nSPS) is 21.6. The Hall–Kier alpha value is -3.44. The van der Waals surface area contributed by atoms with Crippen molar-refractivity contribution in [2.24, 2.45) is 0 Å². The number of hydrogen-bond acceptors (Lipinski definition) is 3. The van der Waals surface area contributed by atoms with E-state index in [9.17, 15) is 23.5 Å². The van der Waals surface area contributed by atoms with Gasteiger partial charge in [-0.25, -0.2) is 13.6 Å². The van der Waals surface area contributed by atoms with Crippen molar-refractivity contribution in [3.63, 3.8) is 0 Å². The number of nitrogens with zero attached hydrogens (tertiary/aromatic N) is 2. The van der Waals surface area contributed by atoms with Gasteiger partial charge in [0.2, 0.25) is 5.91 Å². The molecule has 0 aliphatic carbocycles. The molecule has 0 saturated carbocycles. The van der Waals surface area contributed by atoms with Crippen LogP contribution in [0.2, 0.25) is 0 Å². The fourth-order valence-corrected chi connectivity index (χ4v) is 4.52. The van der Waals surface area contributed by atoms with Crippen LogP contribution in [0, 0.1) is 23.5 Å². The number of nitrogens with one attached hydrogen (secondary N) is 1. The third-order valence-electron chi connectivity index (χ3n) is 6.11. The molecule has 2 heterocycles. The fraction of sp³-hybridized carbons (Fsp3) is 0.360. The third kappa shape index (κ3) is 4.55. The smallest absolute Gasteiger partial charge is 0.322 e. The van der Waals surface area contributed by atoms with Gasteiger partial charge in [0, 0.05) is 30.5 Å². The Morgan fingerprint density at radius 3 is 2.67 bits per heavy atom. The standard InChI is InChI=1S/C25H25F2N3O3/c1-2-3-4-5-16-6-8-17(9-7-16)24-21-13-29(14-23(32)30(21)22(24)15-31)25(33)28-20-12-18(26)10-11-19(20)27/h6-12,21-22,24,31H,2-3,13-15H2,1H3,(H,28,33)/t21-,22+,24-/m1/s1. The molecule has 8 heteroatoms. The zero-order valence-corrected chi connectivity index (χ0v) is 18.2. The van der Waals surface area contributed by atoms with Crippen LogP contribution in [0.15, 0.2) is 42.5 Å². The molecule has 6 nitrogen and oxygen atoms in total. The molecule has 172 valence electrons. The molecule has 2 fully saturated rings. The van der Waals surface area contributed by atoms with Gasteiger partial charge in [-0.1, -0.05) is 30.9 Å². The number of rotatable bonds is 4. The second-order valence-electron chi connectivity index (χ2n) is 8.25. The monoisotopic (exact) mass is 453 g/mol. The topological polar surface area (TPSA) is 72.9 Å². The lowest BCUT2D eigenvalue weighted by Crippen LogP contribution is -2.73. The predicted octanol–water partition coefficient (Wildman–Crippen LogP) is 3.32. The van der Waals surface area contributed by atoms with Crippen molar-refractivity contribution < 1.29 is 23.5 Å². The lowest BCUT2D eigenvalue weighted by molar-refractivity contribution is -0.159. The van der Waals surface area contributed by atoms with Gasteiger partial charge in [-0.3, -0.25) is 4.79 Å². The molecule has 0 radical (unpaired) electrons. The molecule has 2 aliphatic rings. The first kappa shape index (κ1) is 22.7. The van der Waals surface area contributed by atoms with Crippen LogP contribution in [0.4, 0.5) is 19.3 Å². The van der Waals surface area contributed by atoms with E-state index in [1.807, 2.05) is 24.3 Å². The molecule has 0 bridgehead atoms. The predicted molar refractivity (Wildman–Crippen MR) is 119 cm³/mol. The minimum atomic E-state index is -0.765. The minimum Gasteiger partial charge on any atom is -0.394 e. The van der Waals surface area contributed by atoms with Gasteiger partial charge in [0.25, 0.3) is 0 Å². The number of benzene rings is 2. The van der Waals surface area contributed by atoms with Gasteiger partial charge in [0.05, 0.1) is 24.4 Å². The van der Waals surface area contributed by atoms with E-state index in [4.69, 9.17) is 0 Å².